The smallest absolute Gasteiger partial charge is 0.242 e. The van der Waals surface area contributed by atoms with Crippen LogP contribution in [0.15, 0.2) is 71.6 Å². The number of ether oxygens (including phenoxy) is 2. The Bertz CT molecular complexity index is 1210. The molecule has 0 radical (unpaired) electrons. The van der Waals surface area contributed by atoms with Crippen molar-refractivity contribution >= 4 is 21.6 Å². The molecule has 0 aromatic heterocycles. The number of anilines is 1. The normalized spacial score (nSPS) is 12.1. The number of rotatable bonds is 9. The second-order valence-electron chi connectivity index (χ2n) is 7.64. The van der Waals surface area contributed by atoms with Gasteiger partial charge >= 0.3 is 0 Å². The molecule has 0 bridgehead atoms. The summed E-state index contributed by atoms with van der Waals surface area (Å²) >= 11 is 0. The summed E-state index contributed by atoms with van der Waals surface area (Å²) in [6, 6.07) is 18.2. The van der Waals surface area contributed by atoms with Gasteiger partial charge in [-0.25, -0.2) is 8.42 Å². The Balaban J connectivity index is 1.93. The number of sulfonamides is 1. The fourth-order valence-electron chi connectivity index (χ4n) is 3.50. The average Bonchev–Trinajstić information content (AvgIpc) is 2.81. The zero-order valence-electron chi connectivity index (χ0n) is 19.1. The van der Waals surface area contributed by atoms with Gasteiger partial charge in [0.05, 0.1) is 19.1 Å². The lowest BCUT2D eigenvalue weighted by Gasteiger charge is -2.21. The van der Waals surface area contributed by atoms with E-state index in [0.29, 0.717) is 11.4 Å². The van der Waals surface area contributed by atoms with Crippen LogP contribution in [0, 0.1) is 13.8 Å². The van der Waals surface area contributed by atoms with Crippen molar-refractivity contribution in [1.82, 2.24) is 4.72 Å². The van der Waals surface area contributed by atoms with Gasteiger partial charge < -0.3 is 14.8 Å². The fourth-order valence-corrected chi connectivity index (χ4v) is 4.71. The first-order valence-electron chi connectivity index (χ1n) is 10.4. The monoisotopic (exact) mass is 468 g/mol. The Morgan fingerprint density at radius 2 is 1.52 bits per heavy atom. The zero-order valence-corrected chi connectivity index (χ0v) is 19.9. The van der Waals surface area contributed by atoms with E-state index < -0.39 is 22.0 Å². The Hall–Kier alpha value is -3.36. The fraction of sp³-hybridized carbons (Fsp3) is 0.240. The highest BCUT2D eigenvalue weighted by molar-refractivity contribution is 7.89. The Morgan fingerprint density at radius 1 is 0.879 bits per heavy atom. The van der Waals surface area contributed by atoms with Gasteiger partial charge in [-0.2, -0.15) is 4.72 Å². The summed E-state index contributed by atoms with van der Waals surface area (Å²) in [5.74, 6) is 0.241. The largest absolute Gasteiger partial charge is 0.493 e. The first-order valence-corrected chi connectivity index (χ1v) is 11.9. The van der Waals surface area contributed by atoms with Gasteiger partial charge in [-0.3, -0.25) is 4.79 Å². The quantitative estimate of drug-likeness (QED) is 0.498. The predicted molar refractivity (Wildman–Crippen MR) is 128 cm³/mol. The van der Waals surface area contributed by atoms with E-state index in [9.17, 15) is 13.2 Å². The second kappa shape index (κ2) is 10.5. The molecule has 0 saturated carbocycles. The van der Waals surface area contributed by atoms with Crippen LogP contribution in [-0.2, 0) is 21.2 Å². The molecule has 0 aliphatic heterocycles. The van der Waals surface area contributed by atoms with Gasteiger partial charge in [0.15, 0.2) is 11.5 Å². The molecule has 0 saturated heterocycles. The zero-order chi connectivity index (χ0) is 24.0. The molecule has 0 fully saturated rings. The summed E-state index contributed by atoms with van der Waals surface area (Å²) in [4.78, 5) is 13.2. The van der Waals surface area contributed by atoms with E-state index in [0.717, 1.165) is 16.7 Å². The van der Waals surface area contributed by atoms with Gasteiger partial charge in [0.1, 0.15) is 6.04 Å². The maximum Gasteiger partial charge on any atom is 0.242 e. The number of nitrogens with one attached hydrogen (secondary N) is 2. The molecule has 1 unspecified atom stereocenters. The van der Waals surface area contributed by atoms with Gasteiger partial charge in [0, 0.05) is 11.8 Å². The van der Waals surface area contributed by atoms with Crippen LogP contribution in [0.1, 0.15) is 16.7 Å². The Morgan fingerprint density at radius 3 is 2.12 bits per heavy atom. The minimum atomic E-state index is -4.04. The number of methoxy groups -OCH3 is 2. The highest BCUT2D eigenvalue weighted by Crippen LogP contribution is 2.29. The lowest BCUT2D eigenvalue weighted by atomic mass is 10.0. The minimum absolute atomic E-state index is 0.0296. The third-order valence-corrected chi connectivity index (χ3v) is 6.76. The number of carbonyl (C=O) groups is 1. The van der Waals surface area contributed by atoms with Crippen LogP contribution in [0.25, 0.3) is 0 Å². The SMILES string of the molecule is COc1ccc(S(=O)(=O)NC(Cc2ccccc2)C(=O)Nc2c(C)cccc2C)cc1OC. The number of hydrogen-bond acceptors (Lipinski definition) is 5. The molecule has 0 aliphatic rings. The highest BCUT2D eigenvalue weighted by atomic mass is 32.2. The van der Waals surface area contributed by atoms with E-state index in [1.807, 2.05) is 62.4 Å². The molecular weight excluding hydrogens is 440 g/mol. The van der Waals surface area contributed by atoms with Crippen LogP contribution < -0.4 is 19.5 Å². The molecule has 1 amide bonds. The van der Waals surface area contributed by atoms with E-state index in [1.165, 1.54) is 32.4 Å². The van der Waals surface area contributed by atoms with E-state index in [2.05, 4.69) is 10.0 Å². The van der Waals surface area contributed by atoms with Crippen LogP contribution in [0.4, 0.5) is 5.69 Å². The number of hydrogen-bond donors (Lipinski definition) is 2. The van der Waals surface area contributed by atoms with Crippen LogP contribution in [0.5, 0.6) is 11.5 Å². The minimum Gasteiger partial charge on any atom is -0.493 e. The molecule has 3 rings (SSSR count). The Labute approximate surface area is 194 Å². The summed E-state index contributed by atoms with van der Waals surface area (Å²) in [6.45, 7) is 3.78. The van der Waals surface area contributed by atoms with Crippen LogP contribution in [0.2, 0.25) is 0 Å². The van der Waals surface area contributed by atoms with Crippen molar-refractivity contribution < 1.29 is 22.7 Å². The van der Waals surface area contributed by atoms with Gasteiger partial charge in [0.2, 0.25) is 15.9 Å². The molecule has 8 heteroatoms. The molecule has 3 aromatic carbocycles. The van der Waals surface area contributed by atoms with Gasteiger partial charge in [-0.15, -0.1) is 0 Å². The average molecular weight is 469 g/mol. The van der Waals surface area contributed by atoms with Crippen molar-refractivity contribution in [1.29, 1.82) is 0 Å². The number of benzene rings is 3. The van der Waals surface area contributed by atoms with E-state index in [1.54, 1.807) is 0 Å². The summed E-state index contributed by atoms with van der Waals surface area (Å²) in [5.41, 5.74) is 3.29. The second-order valence-corrected chi connectivity index (χ2v) is 9.35. The number of carbonyl (C=O) groups excluding carboxylic acids is 1. The summed E-state index contributed by atoms with van der Waals surface area (Å²) < 4.78 is 39.4. The summed E-state index contributed by atoms with van der Waals surface area (Å²) in [5, 5.41) is 2.90. The molecule has 174 valence electrons. The molecular formula is C25H28N2O5S. The van der Waals surface area contributed by atoms with Crippen molar-refractivity contribution in [2.24, 2.45) is 0 Å². The van der Waals surface area contributed by atoms with Crippen molar-refractivity contribution in [2.75, 3.05) is 19.5 Å². The predicted octanol–water partition coefficient (Wildman–Crippen LogP) is 3.85. The van der Waals surface area contributed by atoms with Crippen LogP contribution >= 0.6 is 0 Å². The molecule has 33 heavy (non-hydrogen) atoms. The van der Waals surface area contributed by atoms with Crippen molar-refractivity contribution in [3.8, 4) is 11.5 Å². The molecule has 0 spiro atoms. The topological polar surface area (TPSA) is 93.7 Å². The molecule has 1 atom stereocenters. The van der Waals surface area contributed by atoms with E-state index in [4.69, 9.17) is 9.47 Å². The first kappa shape index (κ1) is 24.3. The number of para-hydroxylation sites is 1. The maximum absolute atomic E-state index is 13.3. The maximum atomic E-state index is 13.3. The first-order chi connectivity index (χ1) is 15.7. The van der Waals surface area contributed by atoms with Crippen molar-refractivity contribution in [3.05, 3.63) is 83.4 Å². The van der Waals surface area contributed by atoms with E-state index in [-0.39, 0.29) is 17.1 Å². The molecule has 3 aromatic rings. The molecule has 0 heterocycles. The molecule has 7 nitrogen and oxygen atoms in total. The third kappa shape index (κ3) is 5.91. The standard InChI is InChI=1S/C25H28N2O5S/c1-17-9-8-10-18(2)24(17)26-25(28)21(15-19-11-6-5-7-12-19)27-33(29,30)20-13-14-22(31-3)23(16-20)32-4/h5-14,16,21,27H,15H2,1-4H3,(H,26,28). The van der Waals surface area contributed by atoms with Crippen molar-refractivity contribution in [2.45, 2.75) is 31.2 Å². The van der Waals surface area contributed by atoms with Crippen molar-refractivity contribution in [3.63, 3.8) is 0 Å². The summed E-state index contributed by atoms with van der Waals surface area (Å²) in [7, 11) is -1.14. The van der Waals surface area contributed by atoms with Crippen LogP contribution in [-0.4, -0.2) is 34.6 Å². The van der Waals surface area contributed by atoms with Crippen LogP contribution in [0.3, 0.4) is 0 Å². The van der Waals surface area contributed by atoms with E-state index >= 15 is 0 Å². The highest BCUT2D eigenvalue weighted by Gasteiger charge is 2.27. The van der Waals surface area contributed by atoms with Gasteiger partial charge in [0.25, 0.3) is 0 Å². The third-order valence-electron chi connectivity index (χ3n) is 5.29. The molecule has 0 aliphatic carbocycles. The lowest BCUT2D eigenvalue weighted by molar-refractivity contribution is -0.117. The lowest BCUT2D eigenvalue weighted by Crippen LogP contribution is -2.45. The van der Waals surface area contributed by atoms with Gasteiger partial charge in [-0.05, 0) is 49.1 Å². The summed E-state index contributed by atoms with van der Waals surface area (Å²) in [6.07, 6.45) is 0.185. The Kier molecular flexibility index (Phi) is 7.73. The van der Waals surface area contributed by atoms with Gasteiger partial charge in [-0.1, -0.05) is 48.5 Å². The number of aryl methyl sites for hydroxylation is 2. The number of amides is 1. The molecule has 2 N–H and O–H groups in total.